The molecule has 2 N–H and O–H groups in total. The maximum Gasteiger partial charge on any atom is 0.247 e. The summed E-state index contributed by atoms with van der Waals surface area (Å²) in [6.45, 7) is 2.55. The summed E-state index contributed by atoms with van der Waals surface area (Å²) in [5.74, 6) is -1.34. The number of halogens is 2. The van der Waals surface area contributed by atoms with E-state index in [1.807, 2.05) is 0 Å². The van der Waals surface area contributed by atoms with Crippen LogP contribution in [-0.4, -0.2) is 60.5 Å². The molecule has 2 fully saturated rings. The molecule has 12 heteroatoms. The number of anilines is 2. The number of hydrogen-bond acceptors (Lipinski definition) is 8. The lowest BCUT2D eigenvalue weighted by molar-refractivity contribution is -0.133. The minimum absolute atomic E-state index is 0.0931. The summed E-state index contributed by atoms with van der Waals surface area (Å²) < 4.78 is 47.0. The largest absolute Gasteiger partial charge is 0.493 e. The summed E-state index contributed by atoms with van der Waals surface area (Å²) in [6.07, 6.45) is 3.92. The van der Waals surface area contributed by atoms with E-state index in [2.05, 4.69) is 21.9 Å². The standard InChI is InChI=1S/C33H33F2N5O5/c1-39-13-9-20(10-14-39)18-44-29-16-24-26(17-28(29)43-2)37-19-38-30(24)45-27-8-7-23(15-25(27)35)40(22-5-3-21(34)4-6-22)32(42)33(11-12-33)31(36)41/h3-8,15-17,19-20H,9-14,18H2,1-2H3,(H2,36,41). The Hall–Kier alpha value is -4.84. The van der Waals surface area contributed by atoms with Crippen molar-refractivity contribution in [2.24, 2.45) is 17.1 Å². The number of methoxy groups -OCH3 is 1. The van der Waals surface area contributed by atoms with Gasteiger partial charge in [0.1, 0.15) is 17.6 Å². The van der Waals surface area contributed by atoms with Crippen LogP contribution in [0, 0.1) is 23.0 Å². The highest BCUT2D eigenvalue weighted by Crippen LogP contribution is 2.49. The van der Waals surface area contributed by atoms with Crippen LogP contribution in [0.4, 0.5) is 20.2 Å². The van der Waals surface area contributed by atoms with E-state index in [0.29, 0.717) is 34.9 Å². The van der Waals surface area contributed by atoms with Gasteiger partial charge in [-0.1, -0.05) is 0 Å². The highest BCUT2D eigenvalue weighted by Gasteiger charge is 2.57. The van der Waals surface area contributed by atoms with Crippen molar-refractivity contribution in [2.75, 3.05) is 38.8 Å². The highest BCUT2D eigenvalue weighted by atomic mass is 19.1. The third kappa shape index (κ3) is 6.10. The zero-order chi connectivity index (χ0) is 31.7. The third-order valence-corrected chi connectivity index (χ3v) is 8.50. The molecule has 1 aliphatic heterocycles. The number of likely N-dealkylation sites (tertiary alicyclic amines) is 1. The minimum atomic E-state index is -1.39. The molecule has 1 saturated heterocycles. The Labute approximate surface area is 258 Å². The van der Waals surface area contributed by atoms with Crippen molar-refractivity contribution >= 4 is 34.1 Å². The molecular formula is C33H33F2N5O5. The lowest BCUT2D eigenvalue weighted by Crippen LogP contribution is -2.41. The van der Waals surface area contributed by atoms with Gasteiger partial charge >= 0.3 is 0 Å². The van der Waals surface area contributed by atoms with Crippen LogP contribution in [0.25, 0.3) is 10.9 Å². The fraction of sp³-hybridized carbons (Fsp3) is 0.333. The van der Waals surface area contributed by atoms with Crippen molar-refractivity contribution in [3.05, 3.63) is 72.6 Å². The first-order valence-electron chi connectivity index (χ1n) is 14.7. The molecule has 1 saturated carbocycles. The number of ether oxygens (including phenoxy) is 3. The van der Waals surface area contributed by atoms with E-state index >= 15 is 4.39 Å². The van der Waals surface area contributed by atoms with Gasteiger partial charge in [-0.3, -0.25) is 14.5 Å². The maximum absolute atomic E-state index is 15.7. The third-order valence-electron chi connectivity index (χ3n) is 8.50. The van der Waals surface area contributed by atoms with Gasteiger partial charge in [0.2, 0.25) is 17.7 Å². The molecule has 1 aliphatic carbocycles. The molecule has 4 aromatic rings. The smallest absolute Gasteiger partial charge is 0.247 e. The van der Waals surface area contributed by atoms with Gasteiger partial charge in [0.05, 0.1) is 30.3 Å². The van der Waals surface area contributed by atoms with E-state index in [9.17, 15) is 14.0 Å². The lowest BCUT2D eigenvalue weighted by Gasteiger charge is -2.28. The van der Waals surface area contributed by atoms with Crippen molar-refractivity contribution in [2.45, 2.75) is 25.7 Å². The second-order valence-corrected chi connectivity index (χ2v) is 11.5. The van der Waals surface area contributed by atoms with Gasteiger partial charge in [0.25, 0.3) is 0 Å². The molecule has 2 amide bonds. The molecule has 0 atom stereocenters. The number of carbonyl (C=O) groups excluding carboxylic acids is 2. The Morgan fingerprint density at radius 2 is 1.69 bits per heavy atom. The molecule has 0 unspecified atom stereocenters. The normalized spacial score (nSPS) is 16.3. The number of carbonyl (C=O) groups is 2. The minimum Gasteiger partial charge on any atom is -0.493 e. The predicted molar refractivity (Wildman–Crippen MR) is 163 cm³/mol. The molecule has 45 heavy (non-hydrogen) atoms. The Balaban J connectivity index is 1.29. The van der Waals surface area contributed by atoms with Gasteiger partial charge < -0.3 is 24.8 Å². The fourth-order valence-corrected chi connectivity index (χ4v) is 5.52. The lowest BCUT2D eigenvalue weighted by atomic mass is 9.98. The molecule has 0 spiro atoms. The first kappa shape index (κ1) is 30.2. The van der Waals surface area contributed by atoms with Crippen molar-refractivity contribution in [3.8, 4) is 23.1 Å². The van der Waals surface area contributed by atoms with E-state index in [0.717, 1.165) is 32.0 Å². The van der Waals surface area contributed by atoms with Crippen LogP contribution < -0.4 is 24.8 Å². The number of fused-ring (bicyclic) bond motifs is 1. The van der Waals surface area contributed by atoms with E-state index < -0.39 is 28.9 Å². The molecule has 3 aromatic carbocycles. The van der Waals surface area contributed by atoms with Crippen LogP contribution in [0.15, 0.2) is 60.9 Å². The van der Waals surface area contributed by atoms with Crippen LogP contribution in [-0.2, 0) is 9.59 Å². The highest BCUT2D eigenvalue weighted by molar-refractivity contribution is 6.16. The van der Waals surface area contributed by atoms with Gasteiger partial charge in [-0.25, -0.2) is 18.7 Å². The SMILES string of the molecule is COc1cc2ncnc(Oc3ccc(N(C(=O)C4(C(N)=O)CC4)c4ccc(F)cc4)cc3F)c2cc1OCC1CCN(C)CC1. The van der Waals surface area contributed by atoms with Gasteiger partial charge in [0, 0.05) is 17.8 Å². The molecule has 0 radical (unpaired) electrons. The van der Waals surface area contributed by atoms with Crippen molar-refractivity contribution < 1.29 is 32.6 Å². The molecule has 0 bridgehead atoms. The summed E-state index contributed by atoms with van der Waals surface area (Å²) in [7, 11) is 3.66. The molecule has 234 valence electrons. The van der Waals surface area contributed by atoms with E-state index in [4.69, 9.17) is 19.9 Å². The quantitative estimate of drug-likeness (QED) is 0.236. The van der Waals surface area contributed by atoms with Gasteiger partial charge in [0.15, 0.2) is 23.1 Å². The monoisotopic (exact) mass is 617 g/mol. The predicted octanol–water partition coefficient (Wildman–Crippen LogP) is 5.36. The first-order chi connectivity index (χ1) is 21.7. The molecule has 2 aliphatic rings. The van der Waals surface area contributed by atoms with E-state index in [1.165, 1.54) is 47.6 Å². The Morgan fingerprint density at radius 3 is 2.33 bits per heavy atom. The molecule has 6 rings (SSSR count). The van der Waals surface area contributed by atoms with Gasteiger partial charge in [-0.15, -0.1) is 0 Å². The summed E-state index contributed by atoms with van der Waals surface area (Å²) in [5.41, 5.74) is 5.04. The molecule has 1 aromatic heterocycles. The number of aromatic nitrogens is 2. The zero-order valence-electron chi connectivity index (χ0n) is 25.0. The molecular weight excluding hydrogens is 584 g/mol. The number of benzene rings is 3. The van der Waals surface area contributed by atoms with Gasteiger partial charge in [-0.2, -0.15) is 0 Å². The summed E-state index contributed by atoms with van der Waals surface area (Å²) in [4.78, 5) is 37.8. The topological polar surface area (TPSA) is 120 Å². The van der Waals surface area contributed by atoms with Crippen LogP contribution in [0.2, 0.25) is 0 Å². The Morgan fingerprint density at radius 1 is 0.978 bits per heavy atom. The number of primary amides is 1. The van der Waals surface area contributed by atoms with Crippen LogP contribution >= 0.6 is 0 Å². The van der Waals surface area contributed by atoms with E-state index in [1.54, 1.807) is 19.2 Å². The zero-order valence-corrected chi connectivity index (χ0v) is 25.0. The Bertz CT molecular complexity index is 1740. The van der Waals surface area contributed by atoms with Crippen molar-refractivity contribution in [1.82, 2.24) is 14.9 Å². The van der Waals surface area contributed by atoms with Crippen LogP contribution in [0.5, 0.6) is 23.1 Å². The van der Waals surface area contributed by atoms with Gasteiger partial charge in [-0.05, 0) is 94.2 Å². The maximum atomic E-state index is 15.7. The average Bonchev–Trinajstić information content (AvgIpc) is 3.85. The van der Waals surface area contributed by atoms with E-state index in [-0.39, 0.29) is 35.8 Å². The second-order valence-electron chi connectivity index (χ2n) is 11.5. The Kier molecular flexibility index (Phi) is 8.24. The fourth-order valence-electron chi connectivity index (χ4n) is 5.52. The van der Waals surface area contributed by atoms with Crippen LogP contribution in [0.1, 0.15) is 25.7 Å². The number of nitrogens with two attached hydrogens (primary N) is 1. The second kappa shape index (κ2) is 12.3. The molecule has 2 heterocycles. The number of hydrogen-bond donors (Lipinski definition) is 1. The number of amides is 2. The number of nitrogens with zero attached hydrogens (tertiary/aromatic N) is 4. The summed E-state index contributed by atoms with van der Waals surface area (Å²) >= 11 is 0. The first-order valence-corrected chi connectivity index (χ1v) is 14.7. The number of rotatable bonds is 10. The summed E-state index contributed by atoms with van der Waals surface area (Å²) in [6, 6.07) is 12.5. The van der Waals surface area contributed by atoms with Crippen molar-refractivity contribution in [3.63, 3.8) is 0 Å². The van der Waals surface area contributed by atoms with Crippen molar-refractivity contribution in [1.29, 1.82) is 0 Å². The number of piperidine rings is 1. The average molecular weight is 618 g/mol. The summed E-state index contributed by atoms with van der Waals surface area (Å²) in [5, 5.41) is 0.486. The van der Waals surface area contributed by atoms with Crippen LogP contribution in [0.3, 0.4) is 0 Å². The molecule has 10 nitrogen and oxygen atoms in total.